The summed E-state index contributed by atoms with van der Waals surface area (Å²) in [5.74, 6) is -0.497. The molecule has 14 heavy (non-hydrogen) atoms. The summed E-state index contributed by atoms with van der Waals surface area (Å²) in [6.07, 6.45) is 0.754. The molecule has 0 bridgehead atoms. The Morgan fingerprint density at radius 3 is 2.93 bits per heavy atom. The van der Waals surface area contributed by atoms with Crippen LogP contribution in [0.1, 0.15) is 23.7 Å². The number of nitrogen functional groups attached to an aromatic ring is 1. The molecule has 3 N–H and O–H groups in total. The Morgan fingerprint density at radius 1 is 1.57 bits per heavy atom. The molecular formula is C10H13NO3. The van der Waals surface area contributed by atoms with Gasteiger partial charge >= 0.3 is 5.97 Å². The minimum atomic E-state index is -0.500. The molecule has 1 rings (SSSR count). The van der Waals surface area contributed by atoms with E-state index in [1.807, 2.05) is 6.92 Å². The van der Waals surface area contributed by atoms with Crippen LogP contribution in [0.2, 0.25) is 0 Å². The number of hydrogen-bond acceptors (Lipinski definition) is 4. The molecule has 0 unspecified atom stereocenters. The van der Waals surface area contributed by atoms with Crippen LogP contribution in [-0.2, 0) is 4.74 Å². The second kappa shape index (κ2) is 4.50. The Morgan fingerprint density at radius 2 is 2.29 bits per heavy atom. The summed E-state index contributed by atoms with van der Waals surface area (Å²) in [5.41, 5.74) is 6.07. The summed E-state index contributed by atoms with van der Waals surface area (Å²) in [5, 5.41) is 9.15. The van der Waals surface area contributed by atoms with E-state index in [1.165, 1.54) is 18.2 Å². The zero-order valence-corrected chi connectivity index (χ0v) is 7.99. The number of phenols is 1. The monoisotopic (exact) mass is 195 g/mol. The fourth-order valence-electron chi connectivity index (χ4n) is 0.994. The summed E-state index contributed by atoms with van der Waals surface area (Å²) in [4.78, 5) is 11.4. The highest BCUT2D eigenvalue weighted by molar-refractivity contribution is 5.95. The van der Waals surface area contributed by atoms with E-state index in [9.17, 15) is 4.79 Å². The van der Waals surface area contributed by atoms with Crippen molar-refractivity contribution < 1.29 is 14.6 Å². The molecule has 0 spiro atoms. The maximum atomic E-state index is 11.4. The largest absolute Gasteiger partial charge is 0.508 e. The van der Waals surface area contributed by atoms with Crippen molar-refractivity contribution >= 4 is 11.7 Å². The number of esters is 1. The lowest BCUT2D eigenvalue weighted by atomic mass is 10.2. The Balaban J connectivity index is 2.83. The SMILES string of the molecule is CCCOC(=O)c1cc(O)ccc1N. The van der Waals surface area contributed by atoms with Crippen LogP contribution < -0.4 is 5.73 Å². The maximum Gasteiger partial charge on any atom is 0.340 e. The predicted octanol–water partition coefficient (Wildman–Crippen LogP) is 1.54. The standard InChI is InChI=1S/C10H13NO3/c1-2-5-14-10(13)8-6-7(12)3-4-9(8)11/h3-4,6,12H,2,5,11H2,1H3. The fourth-order valence-corrected chi connectivity index (χ4v) is 0.994. The zero-order chi connectivity index (χ0) is 10.6. The maximum absolute atomic E-state index is 11.4. The molecule has 1 aromatic rings. The lowest BCUT2D eigenvalue weighted by Crippen LogP contribution is -2.08. The van der Waals surface area contributed by atoms with Gasteiger partial charge in [0.1, 0.15) is 5.75 Å². The van der Waals surface area contributed by atoms with Crippen molar-refractivity contribution in [2.45, 2.75) is 13.3 Å². The number of hydrogen-bond donors (Lipinski definition) is 2. The van der Waals surface area contributed by atoms with E-state index in [0.717, 1.165) is 6.42 Å². The van der Waals surface area contributed by atoms with Gasteiger partial charge in [-0.05, 0) is 24.6 Å². The Bertz CT molecular complexity index is 336. The van der Waals surface area contributed by atoms with Gasteiger partial charge in [-0.25, -0.2) is 4.79 Å². The molecule has 0 saturated carbocycles. The van der Waals surface area contributed by atoms with Crippen LogP contribution in [0.4, 0.5) is 5.69 Å². The quantitative estimate of drug-likeness (QED) is 0.436. The van der Waals surface area contributed by atoms with Crippen molar-refractivity contribution in [3.63, 3.8) is 0 Å². The summed E-state index contributed by atoms with van der Waals surface area (Å²) in [6.45, 7) is 2.26. The highest BCUT2D eigenvalue weighted by Crippen LogP contribution is 2.19. The topological polar surface area (TPSA) is 72.5 Å². The fraction of sp³-hybridized carbons (Fsp3) is 0.300. The van der Waals surface area contributed by atoms with E-state index in [0.29, 0.717) is 12.3 Å². The first kappa shape index (κ1) is 10.4. The van der Waals surface area contributed by atoms with Crippen molar-refractivity contribution in [1.29, 1.82) is 0 Å². The van der Waals surface area contributed by atoms with Crippen molar-refractivity contribution in [3.8, 4) is 5.75 Å². The first-order chi connectivity index (χ1) is 6.65. The smallest absolute Gasteiger partial charge is 0.340 e. The lowest BCUT2D eigenvalue weighted by molar-refractivity contribution is 0.0506. The number of aromatic hydroxyl groups is 1. The summed E-state index contributed by atoms with van der Waals surface area (Å²) in [7, 11) is 0. The van der Waals surface area contributed by atoms with Gasteiger partial charge in [0, 0.05) is 5.69 Å². The molecule has 76 valence electrons. The van der Waals surface area contributed by atoms with Gasteiger partial charge < -0.3 is 15.6 Å². The molecule has 4 heteroatoms. The zero-order valence-electron chi connectivity index (χ0n) is 7.99. The number of carbonyl (C=O) groups is 1. The average Bonchev–Trinajstić information content (AvgIpc) is 2.18. The third-order valence-corrected chi connectivity index (χ3v) is 1.69. The summed E-state index contributed by atoms with van der Waals surface area (Å²) in [6, 6.07) is 4.19. The van der Waals surface area contributed by atoms with Crippen molar-refractivity contribution in [2.24, 2.45) is 0 Å². The summed E-state index contributed by atoms with van der Waals surface area (Å²) < 4.78 is 4.88. The van der Waals surface area contributed by atoms with E-state index in [4.69, 9.17) is 15.6 Å². The van der Waals surface area contributed by atoms with E-state index >= 15 is 0 Å². The number of carbonyl (C=O) groups excluding carboxylic acids is 1. The normalized spacial score (nSPS) is 9.79. The van der Waals surface area contributed by atoms with Crippen molar-refractivity contribution in [3.05, 3.63) is 23.8 Å². The Labute approximate surface area is 82.3 Å². The Kier molecular flexibility index (Phi) is 3.34. The molecule has 0 aliphatic carbocycles. The lowest BCUT2D eigenvalue weighted by Gasteiger charge is -2.05. The van der Waals surface area contributed by atoms with Crippen LogP contribution >= 0.6 is 0 Å². The molecule has 4 nitrogen and oxygen atoms in total. The van der Waals surface area contributed by atoms with Gasteiger partial charge in [-0.15, -0.1) is 0 Å². The third-order valence-electron chi connectivity index (χ3n) is 1.69. The van der Waals surface area contributed by atoms with Crippen LogP contribution in [0, 0.1) is 0 Å². The molecule has 0 radical (unpaired) electrons. The molecule has 0 amide bonds. The van der Waals surface area contributed by atoms with Gasteiger partial charge in [0.15, 0.2) is 0 Å². The second-order valence-corrected chi connectivity index (χ2v) is 2.91. The van der Waals surface area contributed by atoms with Gasteiger partial charge in [0.25, 0.3) is 0 Å². The molecule has 0 aromatic heterocycles. The van der Waals surface area contributed by atoms with Crippen LogP contribution in [0.15, 0.2) is 18.2 Å². The van der Waals surface area contributed by atoms with Gasteiger partial charge in [0.05, 0.1) is 12.2 Å². The molecule has 0 fully saturated rings. The summed E-state index contributed by atoms with van der Waals surface area (Å²) >= 11 is 0. The van der Waals surface area contributed by atoms with Crippen LogP contribution in [0.5, 0.6) is 5.75 Å². The van der Waals surface area contributed by atoms with Gasteiger partial charge in [0.2, 0.25) is 0 Å². The van der Waals surface area contributed by atoms with Crippen LogP contribution in [-0.4, -0.2) is 17.7 Å². The predicted molar refractivity (Wildman–Crippen MR) is 53.1 cm³/mol. The number of nitrogens with two attached hydrogens (primary N) is 1. The highest BCUT2D eigenvalue weighted by atomic mass is 16.5. The van der Waals surface area contributed by atoms with E-state index < -0.39 is 5.97 Å². The van der Waals surface area contributed by atoms with Crippen molar-refractivity contribution in [1.82, 2.24) is 0 Å². The average molecular weight is 195 g/mol. The second-order valence-electron chi connectivity index (χ2n) is 2.91. The van der Waals surface area contributed by atoms with Crippen molar-refractivity contribution in [2.75, 3.05) is 12.3 Å². The molecule has 1 aromatic carbocycles. The van der Waals surface area contributed by atoms with Gasteiger partial charge in [-0.1, -0.05) is 6.92 Å². The first-order valence-electron chi connectivity index (χ1n) is 4.40. The minimum absolute atomic E-state index is 0.00245. The van der Waals surface area contributed by atoms with E-state index in [1.54, 1.807) is 0 Å². The molecule has 0 atom stereocenters. The molecular weight excluding hydrogens is 182 g/mol. The number of phenolic OH excluding ortho intramolecular Hbond substituents is 1. The van der Waals surface area contributed by atoms with Gasteiger partial charge in [-0.2, -0.15) is 0 Å². The van der Waals surface area contributed by atoms with E-state index in [2.05, 4.69) is 0 Å². The number of anilines is 1. The minimum Gasteiger partial charge on any atom is -0.508 e. The highest BCUT2D eigenvalue weighted by Gasteiger charge is 2.11. The number of rotatable bonds is 3. The molecule has 0 aliphatic rings. The van der Waals surface area contributed by atoms with Gasteiger partial charge in [-0.3, -0.25) is 0 Å². The Hall–Kier alpha value is -1.71. The first-order valence-corrected chi connectivity index (χ1v) is 4.40. The van der Waals surface area contributed by atoms with E-state index in [-0.39, 0.29) is 11.3 Å². The molecule has 0 heterocycles. The number of benzene rings is 1. The van der Waals surface area contributed by atoms with Crippen LogP contribution in [0.25, 0.3) is 0 Å². The third kappa shape index (κ3) is 2.39. The molecule has 0 aliphatic heterocycles. The molecule has 0 saturated heterocycles. The number of ether oxygens (including phenoxy) is 1. The van der Waals surface area contributed by atoms with Crippen LogP contribution in [0.3, 0.4) is 0 Å².